The van der Waals surface area contributed by atoms with E-state index < -0.39 is 23.4 Å². The Kier molecular flexibility index (Phi) is 6.48. The fraction of sp³-hybridized carbons (Fsp3) is 0.435. The van der Waals surface area contributed by atoms with Gasteiger partial charge in [0.2, 0.25) is 5.95 Å². The van der Waals surface area contributed by atoms with Crippen LogP contribution in [-0.4, -0.2) is 39.7 Å². The van der Waals surface area contributed by atoms with Gasteiger partial charge in [-0.1, -0.05) is 12.1 Å². The molecule has 1 aliphatic heterocycles. The molecule has 6 nitrogen and oxygen atoms in total. The van der Waals surface area contributed by atoms with Gasteiger partial charge >= 0.3 is 12.3 Å². The number of aromatic nitrogens is 2. The van der Waals surface area contributed by atoms with Crippen LogP contribution in [0.2, 0.25) is 0 Å². The topological polar surface area (TPSA) is 67.4 Å². The Labute approximate surface area is 185 Å². The first-order valence-electron chi connectivity index (χ1n) is 10.3. The lowest BCUT2D eigenvalue weighted by molar-refractivity contribution is -0.137. The average Bonchev–Trinajstić information content (AvgIpc) is 2.65. The number of ether oxygens (including phenoxy) is 1. The zero-order valence-electron chi connectivity index (χ0n) is 18.8. The monoisotopic (exact) mass is 448 g/mol. The molecule has 3 rings (SSSR count). The van der Waals surface area contributed by atoms with Crippen LogP contribution >= 0.6 is 0 Å². The molecule has 0 fully saturated rings. The van der Waals surface area contributed by atoms with E-state index in [0.717, 1.165) is 17.7 Å². The third kappa shape index (κ3) is 5.99. The van der Waals surface area contributed by atoms with Crippen LogP contribution in [0.5, 0.6) is 0 Å². The van der Waals surface area contributed by atoms with Crippen molar-refractivity contribution in [3.8, 4) is 0 Å². The minimum Gasteiger partial charge on any atom is -0.444 e. The first-order chi connectivity index (χ1) is 14.8. The van der Waals surface area contributed by atoms with Gasteiger partial charge in [0, 0.05) is 35.7 Å². The molecule has 0 unspecified atom stereocenters. The highest BCUT2D eigenvalue weighted by Gasteiger charge is 2.32. The van der Waals surface area contributed by atoms with Gasteiger partial charge in [-0.15, -0.1) is 0 Å². The summed E-state index contributed by atoms with van der Waals surface area (Å²) in [4.78, 5) is 22.4. The summed E-state index contributed by atoms with van der Waals surface area (Å²) in [5.41, 5.74) is 1.77. The van der Waals surface area contributed by atoms with Gasteiger partial charge in [-0.3, -0.25) is 0 Å². The molecule has 1 amide bonds. The molecule has 0 radical (unpaired) electrons. The Morgan fingerprint density at radius 2 is 1.75 bits per heavy atom. The third-order valence-electron chi connectivity index (χ3n) is 4.78. The van der Waals surface area contributed by atoms with Gasteiger partial charge in [0.05, 0.1) is 5.56 Å². The molecule has 1 aliphatic rings. The van der Waals surface area contributed by atoms with E-state index >= 15 is 0 Å². The number of benzene rings is 1. The number of amides is 1. The van der Waals surface area contributed by atoms with Crippen molar-refractivity contribution in [1.82, 2.24) is 14.9 Å². The molecule has 0 saturated carbocycles. The van der Waals surface area contributed by atoms with Crippen molar-refractivity contribution in [2.45, 2.75) is 52.8 Å². The van der Waals surface area contributed by atoms with Gasteiger partial charge in [-0.05, 0) is 64.8 Å². The molecule has 0 saturated heterocycles. The Morgan fingerprint density at radius 3 is 2.28 bits per heavy atom. The zero-order chi connectivity index (χ0) is 23.7. The van der Waals surface area contributed by atoms with Gasteiger partial charge < -0.3 is 15.0 Å². The highest BCUT2D eigenvalue weighted by molar-refractivity contribution is 5.80. The number of rotatable bonds is 3. The molecule has 0 spiro atoms. The lowest BCUT2D eigenvalue weighted by Gasteiger charge is -2.30. The number of hydrogen-bond donors (Lipinski definition) is 1. The van der Waals surface area contributed by atoms with E-state index in [1.807, 2.05) is 6.08 Å². The normalized spacial score (nSPS) is 14.8. The zero-order valence-corrected chi connectivity index (χ0v) is 18.8. The maximum absolute atomic E-state index is 13.4. The number of halogens is 3. The summed E-state index contributed by atoms with van der Waals surface area (Å²) < 4.78 is 45.5. The quantitative estimate of drug-likeness (QED) is 0.635. The fourth-order valence-corrected chi connectivity index (χ4v) is 3.41. The summed E-state index contributed by atoms with van der Waals surface area (Å²) >= 11 is 0. The van der Waals surface area contributed by atoms with Crippen LogP contribution in [0.25, 0.3) is 5.57 Å². The molecule has 172 valence electrons. The molecule has 0 aliphatic carbocycles. The second-order valence-corrected chi connectivity index (χ2v) is 8.76. The summed E-state index contributed by atoms with van der Waals surface area (Å²) in [6.07, 6.45) is -2.58. The Balaban J connectivity index is 1.91. The lowest BCUT2D eigenvalue weighted by atomic mass is 9.96. The highest BCUT2D eigenvalue weighted by atomic mass is 19.4. The van der Waals surface area contributed by atoms with E-state index in [1.54, 1.807) is 45.6 Å². The van der Waals surface area contributed by atoms with Gasteiger partial charge in [0.25, 0.3) is 0 Å². The summed E-state index contributed by atoms with van der Waals surface area (Å²) in [5, 5.41) is 2.96. The predicted molar refractivity (Wildman–Crippen MR) is 117 cm³/mol. The van der Waals surface area contributed by atoms with Crippen LogP contribution in [0.15, 0.2) is 30.3 Å². The smallest absolute Gasteiger partial charge is 0.416 e. The molecular formula is C23H27F3N4O2. The second-order valence-electron chi connectivity index (χ2n) is 8.76. The Hall–Kier alpha value is -3.10. The molecule has 1 aromatic carbocycles. The summed E-state index contributed by atoms with van der Waals surface area (Å²) in [6, 6.07) is 5.36. The Morgan fingerprint density at radius 1 is 1.09 bits per heavy atom. The minimum absolute atomic E-state index is 0.231. The van der Waals surface area contributed by atoms with Crippen molar-refractivity contribution in [3.63, 3.8) is 0 Å². The largest absolute Gasteiger partial charge is 0.444 e. The van der Waals surface area contributed by atoms with Crippen molar-refractivity contribution in [2.24, 2.45) is 0 Å². The summed E-state index contributed by atoms with van der Waals surface area (Å²) in [6.45, 7) is 9.69. The standard InChI is InChI=1S/C23H27F3N4O2/c1-14-12-15(2)28-20(27-14)29-19-13-17(23(24,25)26)6-7-18(19)16-8-10-30(11-9-16)21(31)32-22(3,4)5/h6-8,12-13H,9-11H2,1-5H3,(H,27,28,29). The SMILES string of the molecule is Cc1cc(C)nc(Nc2cc(C(F)(F)F)ccc2C2=CCN(C(=O)OC(C)(C)C)CC2)n1. The lowest BCUT2D eigenvalue weighted by Crippen LogP contribution is -2.39. The average molecular weight is 448 g/mol. The number of hydrogen-bond acceptors (Lipinski definition) is 5. The van der Waals surface area contributed by atoms with Crippen LogP contribution in [-0.2, 0) is 10.9 Å². The number of nitrogens with zero attached hydrogens (tertiary/aromatic N) is 3. The number of anilines is 2. The molecule has 0 bridgehead atoms. The third-order valence-corrected chi connectivity index (χ3v) is 4.78. The van der Waals surface area contributed by atoms with Crippen LogP contribution < -0.4 is 5.32 Å². The van der Waals surface area contributed by atoms with E-state index in [4.69, 9.17) is 4.74 Å². The molecule has 1 aromatic heterocycles. The van der Waals surface area contributed by atoms with E-state index in [2.05, 4.69) is 15.3 Å². The molecule has 9 heteroatoms. The number of carbonyl (C=O) groups excluding carboxylic acids is 1. The molecule has 1 N–H and O–H groups in total. The van der Waals surface area contributed by atoms with Crippen molar-refractivity contribution < 1.29 is 22.7 Å². The molecule has 2 aromatic rings. The first kappa shape index (κ1) is 23.6. The first-order valence-corrected chi connectivity index (χ1v) is 10.3. The maximum Gasteiger partial charge on any atom is 0.416 e. The molecule has 0 atom stereocenters. The van der Waals surface area contributed by atoms with E-state index in [-0.39, 0.29) is 11.6 Å². The van der Waals surface area contributed by atoms with E-state index in [1.165, 1.54) is 6.07 Å². The number of aryl methyl sites for hydroxylation is 2. The minimum atomic E-state index is -4.48. The van der Waals surface area contributed by atoms with Gasteiger partial charge in [-0.25, -0.2) is 14.8 Å². The second kappa shape index (κ2) is 8.80. The number of nitrogens with one attached hydrogen (secondary N) is 1. The van der Waals surface area contributed by atoms with Gasteiger partial charge in [0.15, 0.2) is 0 Å². The van der Waals surface area contributed by atoms with E-state index in [0.29, 0.717) is 36.5 Å². The van der Waals surface area contributed by atoms with Crippen molar-refractivity contribution in [1.29, 1.82) is 0 Å². The predicted octanol–water partition coefficient (Wildman–Crippen LogP) is 5.88. The van der Waals surface area contributed by atoms with E-state index in [9.17, 15) is 18.0 Å². The van der Waals surface area contributed by atoms with Crippen LogP contribution in [0, 0.1) is 13.8 Å². The van der Waals surface area contributed by atoms with Crippen molar-refractivity contribution in [2.75, 3.05) is 18.4 Å². The number of alkyl halides is 3. The van der Waals surface area contributed by atoms with Crippen molar-refractivity contribution in [3.05, 3.63) is 52.9 Å². The Bertz CT molecular complexity index is 1020. The van der Waals surface area contributed by atoms with Crippen LogP contribution in [0.3, 0.4) is 0 Å². The molecular weight excluding hydrogens is 421 g/mol. The summed E-state index contributed by atoms with van der Waals surface area (Å²) in [5.74, 6) is 0.231. The van der Waals surface area contributed by atoms with Gasteiger partial charge in [0.1, 0.15) is 5.60 Å². The molecule has 32 heavy (non-hydrogen) atoms. The van der Waals surface area contributed by atoms with Crippen molar-refractivity contribution >= 4 is 23.3 Å². The number of carbonyl (C=O) groups is 1. The van der Waals surface area contributed by atoms with Crippen LogP contribution in [0.4, 0.5) is 29.6 Å². The fourth-order valence-electron chi connectivity index (χ4n) is 3.41. The highest BCUT2D eigenvalue weighted by Crippen LogP contribution is 2.36. The summed E-state index contributed by atoms with van der Waals surface area (Å²) in [7, 11) is 0. The van der Waals surface area contributed by atoms with Gasteiger partial charge in [-0.2, -0.15) is 13.2 Å². The maximum atomic E-state index is 13.4. The molecule has 2 heterocycles. The van der Waals surface area contributed by atoms with Crippen LogP contribution in [0.1, 0.15) is 49.7 Å².